The van der Waals surface area contributed by atoms with Gasteiger partial charge in [-0.05, 0) is 44.4 Å². The molecule has 0 unspecified atom stereocenters. The summed E-state index contributed by atoms with van der Waals surface area (Å²) in [5.74, 6) is 1.27. The van der Waals surface area contributed by atoms with Gasteiger partial charge in [-0.2, -0.15) is 0 Å². The van der Waals surface area contributed by atoms with Crippen molar-refractivity contribution in [3.63, 3.8) is 0 Å². The Morgan fingerprint density at radius 1 is 1.10 bits per heavy atom. The molecule has 0 saturated carbocycles. The Labute approximate surface area is 182 Å². The van der Waals surface area contributed by atoms with Gasteiger partial charge in [0.2, 0.25) is 11.9 Å². The third-order valence-corrected chi connectivity index (χ3v) is 5.28. The van der Waals surface area contributed by atoms with E-state index in [2.05, 4.69) is 25.3 Å². The number of benzene rings is 1. The minimum atomic E-state index is 0.0181. The first-order valence-corrected chi connectivity index (χ1v) is 10.5. The summed E-state index contributed by atoms with van der Waals surface area (Å²) < 4.78 is 0. The highest BCUT2D eigenvalue weighted by Gasteiger charge is 2.27. The molecule has 1 amide bonds. The highest BCUT2D eigenvalue weighted by atomic mass is 16.2. The number of rotatable bonds is 5. The van der Waals surface area contributed by atoms with Crippen LogP contribution in [-0.2, 0) is 4.79 Å². The Kier molecular flexibility index (Phi) is 6.31. The Balaban J connectivity index is 1.49. The van der Waals surface area contributed by atoms with E-state index in [9.17, 15) is 4.79 Å². The standard InChI is InChI=1S/C24H26N6O/c1-17-15-18(2)28-24(27-17)29-23-22(25-12-13-26-23)20-9-6-14-30(16-20)21(31)11-10-19-7-4-3-5-8-19/h3-5,7-8,10-13,15,20H,6,9,14,16H2,1-2H3,(H,26,27,28,29)/b11-10+/t20-/m0/s1. The highest BCUT2D eigenvalue weighted by Crippen LogP contribution is 2.30. The number of carbonyl (C=O) groups is 1. The summed E-state index contributed by atoms with van der Waals surface area (Å²) >= 11 is 0. The highest BCUT2D eigenvalue weighted by molar-refractivity contribution is 5.91. The topological polar surface area (TPSA) is 83.9 Å². The second-order valence-electron chi connectivity index (χ2n) is 7.76. The Morgan fingerprint density at radius 2 is 1.84 bits per heavy atom. The second kappa shape index (κ2) is 9.47. The summed E-state index contributed by atoms with van der Waals surface area (Å²) in [5, 5.41) is 3.23. The predicted octanol–water partition coefficient (Wildman–Crippen LogP) is 4.05. The van der Waals surface area contributed by atoms with Gasteiger partial charge in [0.15, 0.2) is 5.82 Å². The average molecular weight is 415 g/mol. The Morgan fingerprint density at radius 3 is 2.61 bits per heavy atom. The molecule has 31 heavy (non-hydrogen) atoms. The fourth-order valence-electron chi connectivity index (χ4n) is 3.87. The molecule has 1 saturated heterocycles. The van der Waals surface area contributed by atoms with Crippen LogP contribution in [0.25, 0.3) is 6.08 Å². The van der Waals surface area contributed by atoms with Crippen LogP contribution >= 0.6 is 0 Å². The van der Waals surface area contributed by atoms with Crippen molar-refractivity contribution in [2.75, 3.05) is 18.4 Å². The van der Waals surface area contributed by atoms with Gasteiger partial charge in [-0.15, -0.1) is 0 Å². The number of piperidine rings is 1. The molecule has 3 heterocycles. The number of hydrogen-bond donors (Lipinski definition) is 1. The molecule has 0 bridgehead atoms. The zero-order valence-corrected chi connectivity index (χ0v) is 17.8. The molecular formula is C24H26N6O. The van der Waals surface area contributed by atoms with E-state index in [1.807, 2.05) is 61.2 Å². The van der Waals surface area contributed by atoms with Gasteiger partial charge in [-0.3, -0.25) is 9.78 Å². The number of anilines is 2. The summed E-state index contributed by atoms with van der Waals surface area (Å²) in [6.07, 6.45) is 8.73. The lowest BCUT2D eigenvalue weighted by atomic mass is 9.94. The zero-order chi connectivity index (χ0) is 21.6. The first-order valence-electron chi connectivity index (χ1n) is 10.5. The van der Waals surface area contributed by atoms with Crippen LogP contribution in [0.3, 0.4) is 0 Å². The number of nitrogens with zero attached hydrogens (tertiary/aromatic N) is 5. The predicted molar refractivity (Wildman–Crippen MR) is 121 cm³/mol. The lowest BCUT2D eigenvalue weighted by molar-refractivity contribution is -0.127. The van der Waals surface area contributed by atoms with Gasteiger partial charge >= 0.3 is 0 Å². The van der Waals surface area contributed by atoms with Crippen LogP contribution in [0.1, 0.15) is 41.4 Å². The van der Waals surface area contributed by atoms with Crippen LogP contribution in [0, 0.1) is 13.8 Å². The molecule has 1 atom stereocenters. The van der Waals surface area contributed by atoms with Crippen LogP contribution in [0.15, 0.2) is 54.9 Å². The SMILES string of the molecule is Cc1cc(C)nc(Nc2nccnc2[C@H]2CCCN(C(=O)/C=C/c3ccccc3)C2)n1. The molecule has 2 aromatic heterocycles. The van der Waals surface area contributed by atoms with Crippen molar-refractivity contribution in [1.29, 1.82) is 0 Å². The second-order valence-corrected chi connectivity index (χ2v) is 7.76. The van der Waals surface area contributed by atoms with Crippen molar-refractivity contribution in [1.82, 2.24) is 24.8 Å². The average Bonchev–Trinajstić information content (AvgIpc) is 2.78. The van der Waals surface area contributed by atoms with E-state index in [0.29, 0.717) is 18.3 Å². The van der Waals surface area contributed by atoms with Crippen LogP contribution in [0.4, 0.5) is 11.8 Å². The summed E-state index contributed by atoms with van der Waals surface area (Å²) in [5.41, 5.74) is 3.63. The molecular weight excluding hydrogens is 388 g/mol. The van der Waals surface area contributed by atoms with Gasteiger partial charge in [0, 0.05) is 48.9 Å². The van der Waals surface area contributed by atoms with Gasteiger partial charge in [-0.1, -0.05) is 30.3 Å². The van der Waals surface area contributed by atoms with Crippen LogP contribution in [-0.4, -0.2) is 43.8 Å². The van der Waals surface area contributed by atoms with Crippen LogP contribution < -0.4 is 5.32 Å². The van der Waals surface area contributed by atoms with E-state index in [4.69, 9.17) is 0 Å². The molecule has 1 aromatic carbocycles. The normalized spacial score (nSPS) is 16.5. The van der Waals surface area contributed by atoms with E-state index >= 15 is 0 Å². The number of amides is 1. The van der Waals surface area contributed by atoms with Gasteiger partial charge in [0.05, 0.1) is 5.69 Å². The maximum absolute atomic E-state index is 12.8. The number of hydrogen-bond acceptors (Lipinski definition) is 6. The number of aromatic nitrogens is 4. The van der Waals surface area contributed by atoms with Crippen molar-refractivity contribution >= 4 is 23.7 Å². The lowest BCUT2D eigenvalue weighted by Gasteiger charge is -2.32. The smallest absolute Gasteiger partial charge is 0.246 e. The number of carbonyl (C=O) groups excluding carboxylic acids is 1. The van der Waals surface area contributed by atoms with E-state index in [1.54, 1.807) is 18.5 Å². The summed E-state index contributed by atoms with van der Waals surface area (Å²) in [7, 11) is 0. The fourth-order valence-corrected chi connectivity index (χ4v) is 3.87. The Bertz CT molecular complexity index is 1060. The van der Waals surface area contributed by atoms with Crippen molar-refractivity contribution in [2.45, 2.75) is 32.6 Å². The van der Waals surface area contributed by atoms with Crippen molar-refractivity contribution in [3.8, 4) is 0 Å². The first kappa shape index (κ1) is 20.7. The third-order valence-electron chi connectivity index (χ3n) is 5.28. The monoisotopic (exact) mass is 414 g/mol. The summed E-state index contributed by atoms with van der Waals surface area (Å²) in [6.45, 7) is 5.23. The maximum Gasteiger partial charge on any atom is 0.246 e. The van der Waals surface area contributed by atoms with Crippen molar-refractivity contribution in [3.05, 3.63) is 77.5 Å². The van der Waals surface area contributed by atoms with Gasteiger partial charge in [0.25, 0.3) is 0 Å². The maximum atomic E-state index is 12.8. The molecule has 0 radical (unpaired) electrons. The van der Waals surface area contributed by atoms with Crippen molar-refractivity contribution in [2.24, 2.45) is 0 Å². The molecule has 1 fully saturated rings. The molecule has 4 rings (SSSR count). The molecule has 0 aliphatic carbocycles. The molecule has 7 heteroatoms. The molecule has 158 valence electrons. The third kappa shape index (κ3) is 5.31. The molecule has 3 aromatic rings. The largest absolute Gasteiger partial charge is 0.338 e. The van der Waals surface area contributed by atoms with E-state index in [-0.39, 0.29) is 11.8 Å². The van der Waals surface area contributed by atoms with E-state index in [0.717, 1.165) is 42.0 Å². The zero-order valence-electron chi connectivity index (χ0n) is 17.8. The number of likely N-dealkylation sites (tertiary alicyclic amines) is 1. The minimum absolute atomic E-state index is 0.0181. The summed E-state index contributed by atoms with van der Waals surface area (Å²) in [6, 6.07) is 11.8. The van der Waals surface area contributed by atoms with Gasteiger partial charge < -0.3 is 10.2 Å². The summed E-state index contributed by atoms with van der Waals surface area (Å²) in [4.78, 5) is 32.6. The molecule has 1 aliphatic rings. The van der Waals surface area contributed by atoms with Gasteiger partial charge in [-0.25, -0.2) is 15.0 Å². The van der Waals surface area contributed by atoms with Crippen LogP contribution in [0.5, 0.6) is 0 Å². The Hall–Kier alpha value is -3.61. The molecule has 1 aliphatic heterocycles. The molecule has 7 nitrogen and oxygen atoms in total. The van der Waals surface area contributed by atoms with Crippen molar-refractivity contribution < 1.29 is 4.79 Å². The first-order chi connectivity index (χ1) is 15.1. The fraction of sp³-hybridized carbons (Fsp3) is 0.292. The molecule has 1 N–H and O–H groups in total. The number of nitrogens with one attached hydrogen (secondary N) is 1. The quantitative estimate of drug-likeness (QED) is 0.634. The lowest BCUT2D eigenvalue weighted by Crippen LogP contribution is -2.38. The molecule has 0 spiro atoms. The van der Waals surface area contributed by atoms with Crippen LogP contribution in [0.2, 0.25) is 0 Å². The van der Waals surface area contributed by atoms with E-state index < -0.39 is 0 Å². The van der Waals surface area contributed by atoms with Gasteiger partial charge in [0.1, 0.15) is 0 Å². The minimum Gasteiger partial charge on any atom is -0.338 e. The number of aryl methyl sites for hydroxylation is 2. The van der Waals surface area contributed by atoms with E-state index in [1.165, 1.54) is 0 Å².